The molecule has 0 amide bonds. The largest absolute Gasteiger partial charge is 0.466 e. The number of carbonyl (C=O) groups is 1. The summed E-state index contributed by atoms with van der Waals surface area (Å²) in [5.74, 6) is -0.346. The molecule has 0 atom stereocenters. The van der Waals surface area contributed by atoms with Crippen LogP contribution in [-0.4, -0.2) is 19.1 Å². The van der Waals surface area contributed by atoms with Gasteiger partial charge in [0.05, 0.1) is 12.2 Å². The van der Waals surface area contributed by atoms with E-state index < -0.39 is 11.7 Å². The van der Waals surface area contributed by atoms with Crippen molar-refractivity contribution >= 4 is 27.6 Å². The summed E-state index contributed by atoms with van der Waals surface area (Å²) in [6, 6.07) is 3.91. The quantitative estimate of drug-likeness (QED) is 0.614. The van der Waals surface area contributed by atoms with Crippen molar-refractivity contribution in [3.8, 4) is 0 Å². The van der Waals surface area contributed by atoms with Gasteiger partial charge in [-0.3, -0.25) is 4.79 Å². The number of carbonyl (C=O) groups excluding carboxylic acids is 1. The smallest absolute Gasteiger partial charge is 0.418 e. The highest BCUT2D eigenvalue weighted by atomic mass is 79.9. The van der Waals surface area contributed by atoms with Gasteiger partial charge in [0.2, 0.25) is 0 Å². The molecule has 0 spiro atoms. The van der Waals surface area contributed by atoms with Gasteiger partial charge in [-0.15, -0.1) is 0 Å². The molecule has 0 radical (unpaired) electrons. The first-order chi connectivity index (χ1) is 9.34. The van der Waals surface area contributed by atoms with E-state index in [4.69, 9.17) is 4.74 Å². The van der Waals surface area contributed by atoms with Crippen molar-refractivity contribution in [1.82, 2.24) is 0 Å². The van der Waals surface area contributed by atoms with E-state index >= 15 is 0 Å². The Balaban J connectivity index is 2.58. The molecule has 3 nitrogen and oxygen atoms in total. The van der Waals surface area contributed by atoms with Gasteiger partial charge in [-0.05, 0) is 31.5 Å². The molecular formula is C13H15BrF3NO2. The van der Waals surface area contributed by atoms with Crippen molar-refractivity contribution in [2.24, 2.45) is 0 Å². The van der Waals surface area contributed by atoms with E-state index in [1.807, 2.05) is 0 Å². The summed E-state index contributed by atoms with van der Waals surface area (Å²) in [5.41, 5.74) is -0.729. The van der Waals surface area contributed by atoms with Crippen molar-refractivity contribution in [3.63, 3.8) is 0 Å². The molecule has 1 aromatic rings. The summed E-state index contributed by atoms with van der Waals surface area (Å²) >= 11 is 3.02. The minimum absolute atomic E-state index is 0.00422. The summed E-state index contributed by atoms with van der Waals surface area (Å²) in [6.07, 6.45) is -3.84. The maximum absolute atomic E-state index is 12.8. The average Bonchev–Trinajstić information content (AvgIpc) is 2.35. The van der Waals surface area contributed by atoms with Crippen LogP contribution in [0.4, 0.5) is 18.9 Å². The van der Waals surface area contributed by atoms with Crippen molar-refractivity contribution in [3.05, 3.63) is 28.2 Å². The van der Waals surface area contributed by atoms with Gasteiger partial charge in [-0.25, -0.2) is 0 Å². The molecular weight excluding hydrogens is 339 g/mol. The Labute approximate surface area is 123 Å². The lowest BCUT2D eigenvalue weighted by Crippen LogP contribution is -2.13. The van der Waals surface area contributed by atoms with Crippen molar-refractivity contribution in [2.45, 2.75) is 25.9 Å². The number of hydrogen-bond donors (Lipinski definition) is 1. The van der Waals surface area contributed by atoms with Crippen LogP contribution < -0.4 is 5.32 Å². The van der Waals surface area contributed by atoms with Crippen LogP contribution in [0.3, 0.4) is 0 Å². The third-order valence-electron chi connectivity index (χ3n) is 2.47. The second-order valence-electron chi connectivity index (χ2n) is 4.02. The highest BCUT2D eigenvalue weighted by molar-refractivity contribution is 9.10. The van der Waals surface area contributed by atoms with Gasteiger partial charge < -0.3 is 10.1 Å². The molecule has 112 valence electrons. The van der Waals surface area contributed by atoms with Gasteiger partial charge in [-0.1, -0.05) is 15.9 Å². The Bertz CT molecular complexity index is 463. The Morgan fingerprint density at radius 2 is 2.10 bits per heavy atom. The minimum Gasteiger partial charge on any atom is -0.466 e. The lowest BCUT2D eigenvalue weighted by Gasteiger charge is -2.14. The van der Waals surface area contributed by atoms with Gasteiger partial charge in [0.15, 0.2) is 0 Å². The maximum atomic E-state index is 12.8. The number of hydrogen-bond acceptors (Lipinski definition) is 3. The van der Waals surface area contributed by atoms with E-state index in [1.165, 1.54) is 12.1 Å². The molecule has 0 saturated heterocycles. The Hall–Kier alpha value is -1.24. The maximum Gasteiger partial charge on any atom is 0.418 e. The summed E-state index contributed by atoms with van der Waals surface area (Å²) in [6.45, 7) is 2.27. The molecule has 0 unspecified atom stereocenters. The number of nitrogens with one attached hydrogen (secondary N) is 1. The van der Waals surface area contributed by atoms with Crippen molar-refractivity contribution in [2.75, 3.05) is 18.5 Å². The van der Waals surface area contributed by atoms with Crippen molar-refractivity contribution < 1.29 is 22.7 Å². The van der Waals surface area contributed by atoms with Gasteiger partial charge in [0, 0.05) is 23.1 Å². The molecule has 0 bridgehead atoms. The lowest BCUT2D eigenvalue weighted by atomic mass is 10.1. The van der Waals surface area contributed by atoms with Crippen LogP contribution in [0.2, 0.25) is 0 Å². The third kappa shape index (κ3) is 5.40. The molecule has 0 fully saturated rings. The summed E-state index contributed by atoms with van der Waals surface area (Å²) < 4.78 is 43.6. The van der Waals surface area contributed by atoms with Crippen LogP contribution in [0.15, 0.2) is 22.7 Å². The van der Waals surface area contributed by atoms with Gasteiger partial charge in [0.1, 0.15) is 0 Å². The monoisotopic (exact) mass is 353 g/mol. The molecule has 7 heteroatoms. The predicted molar refractivity (Wildman–Crippen MR) is 73.5 cm³/mol. The zero-order chi connectivity index (χ0) is 15.2. The van der Waals surface area contributed by atoms with E-state index in [2.05, 4.69) is 21.2 Å². The fourth-order valence-corrected chi connectivity index (χ4v) is 1.96. The van der Waals surface area contributed by atoms with E-state index in [0.717, 1.165) is 6.07 Å². The first-order valence-electron chi connectivity index (χ1n) is 6.11. The molecule has 1 rings (SSSR count). The first-order valence-corrected chi connectivity index (χ1v) is 6.90. The van der Waals surface area contributed by atoms with Crippen LogP contribution in [0.5, 0.6) is 0 Å². The molecule has 1 N–H and O–H groups in total. The van der Waals surface area contributed by atoms with E-state index in [9.17, 15) is 18.0 Å². The second-order valence-corrected chi connectivity index (χ2v) is 4.94. The normalized spacial score (nSPS) is 11.2. The second kappa shape index (κ2) is 7.52. The number of halogens is 4. The number of ether oxygens (including phenoxy) is 1. The van der Waals surface area contributed by atoms with Gasteiger partial charge >= 0.3 is 12.1 Å². The van der Waals surface area contributed by atoms with Crippen LogP contribution in [0, 0.1) is 0 Å². The Kier molecular flexibility index (Phi) is 6.32. The number of alkyl halides is 3. The summed E-state index contributed by atoms with van der Waals surface area (Å²) in [7, 11) is 0. The topological polar surface area (TPSA) is 38.3 Å². The number of benzene rings is 1. The van der Waals surface area contributed by atoms with Gasteiger partial charge in [-0.2, -0.15) is 13.2 Å². The average molecular weight is 354 g/mol. The zero-order valence-electron chi connectivity index (χ0n) is 10.9. The summed E-state index contributed by atoms with van der Waals surface area (Å²) in [5, 5.41) is 2.70. The zero-order valence-corrected chi connectivity index (χ0v) is 12.5. The SMILES string of the molecule is CCOC(=O)CCCNc1ccc(Br)cc1C(F)(F)F. The molecule has 0 heterocycles. The fraction of sp³-hybridized carbons (Fsp3) is 0.462. The van der Waals surface area contributed by atoms with Crippen LogP contribution in [-0.2, 0) is 15.7 Å². The highest BCUT2D eigenvalue weighted by Crippen LogP contribution is 2.36. The van der Waals surface area contributed by atoms with E-state index in [0.29, 0.717) is 17.5 Å². The number of esters is 1. The lowest BCUT2D eigenvalue weighted by molar-refractivity contribution is -0.143. The van der Waals surface area contributed by atoms with Crippen LogP contribution in [0.25, 0.3) is 0 Å². The molecule has 20 heavy (non-hydrogen) atoms. The third-order valence-corrected chi connectivity index (χ3v) is 2.96. The molecule has 1 aromatic carbocycles. The molecule has 0 aliphatic heterocycles. The predicted octanol–water partition coefficient (Wildman–Crippen LogP) is 4.22. The number of anilines is 1. The highest BCUT2D eigenvalue weighted by Gasteiger charge is 2.33. The molecule has 0 aliphatic rings. The van der Waals surface area contributed by atoms with Crippen molar-refractivity contribution in [1.29, 1.82) is 0 Å². The standard InChI is InChI=1S/C13H15BrF3NO2/c1-2-20-12(19)4-3-7-18-11-6-5-9(14)8-10(11)13(15,16)17/h5-6,8,18H,2-4,7H2,1H3. The summed E-state index contributed by atoms with van der Waals surface area (Å²) in [4.78, 5) is 11.1. The van der Waals surface area contributed by atoms with Crippen LogP contribution >= 0.6 is 15.9 Å². The molecule has 0 aromatic heterocycles. The molecule has 0 aliphatic carbocycles. The van der Waals surface area contributed by atoms with Crippen LogP contribution in [0.1, 0.15) is 25.3 Å². The van der Waals surface area contributed by atoms with Gasteiger partial charge in [0.25, 0.3) is 0 Å². The van der Waals surface area contributed by atoms with E-state index in [-0.39, 0.29) is 24.6 Å². The van der Waals surface area contributed by atoms with E-state index in [1.54, 1.807) is 6.92 Å². The Morgan fingerprint density at radius 3 is 2.70 bits per heavy atom. The Morgan fingerprint density at radius 1 is 1.40 bits per heavy atom. The minimum atomic E-state index is -4.42. The fourth-order valence-electron chi connectivity index (χ4n) is 1.59. The number of rotatable bonds is 6. The first kappa shape index (κ1) is 16.8. The molecule has 0 saturated carbocycles.